The Labute approximate surface area is 195 Å². The highest BCUT2D eigenvalue weighted by Crippen LogP contribution is 2.31. The topological polar surface area (TPSA) is 67.7 Å². The van der Waals surface area contributed by atoms with Crippen LogP contribution >= 0.6 is 0 Å². The van der Waals surface area contributed by atoms with Gasteiger partial charge in [-0.1, -0.05) is 42.0 Å². The molecule has 0 aliphatic heterocycles. The lowest BCUT2D eigenvalue weighted by atomic mass is 10.1. The van der Waals surface area contributed by atoms with Gasteiger partial charge in [0.2, 0.25) is 6.41 Å². The number of aromatic nitrogens is 2. The molecule has 1 heterocycles. The van der Waals surface area contributed by atoms with E-state index < -0.39 is 17.6 Å². The number of halogens is 3. The lowest BCUT2D eigenvalue weighted by Crippen LogP contribution is -2.28. The number of rotatable bonds is 8. The van der Waals surface area contributed by atoms with Gasteiger partial charge in [0.25, 0.3) is 11.9 Å². The fourth-order valence-corrected chi connectivity index (χ4v) is 3.26. The molecular formula is C24H25F3N4O3. The lowest BCUT2D eigenvalue weighted by Gasteiger charge is -2.17. The summed E-state index contributed by atoms with van der Waals surface area (Å²) in [6.07, 6.45) is -3.97. The van der Waals surface area contributed by atoms with Crippen LogP contribution < -0.4 is 9.64 Å². The van der Waals surface area contributed by atoms with Gasteiger partial charge in [-0.25, -0.2) is 0 Å². The molecule has 180 valence electrons. The number of ether oxygens (including phenoxy) is 1. The average Bonchev–Trinajstić information content (AvgIpc) is 3.15. The first kappa shape index (κ1) is 24.8. The van der Waals surface area contributed by atoms with Gasteiger partial charge in [-0.05, 0) is 30.2 Å². The molecule has 0 fully saturated rings. The lowest BCUT2D eigenvalue weighted by molar-refractivity contribution is -0.137. The van der Waals surface area contributed by atoms with Crippen molar-refractivity contribution in [1.82, 2.24) is 14.5 Å². The van der Waals surface area contributed by atoms with Crippen LogP contribution in [0.3, 0.4) is 0 Å². The summed E-state index contributed by atoms with van der Waals surface area (Å²) in [6.45, 7) is 1.93. The van der Waals surface area contributed by atoms with Gasteiger partial charge < -0.3 is 14.5 Å². The number of benzene rings is 2. The summed E-state index contributed by atoms with van der Waals surface area (Å²) in [4.78, 5) is 31.4. The molecular weight excluding hydrogens is 449 g/mol. The smallest absolute Gasteiger partial charge is 0.416 e. The predicted molar refractivity (Wildman–Crippen MR) is 121 cm³/mol. The van der Waals surface area contributed by atoms with E-state index >= 15 is 0 Å². The normalized spacial score (nSPS) is 11.3. The standard InChI is InChI=1S/C24H25F3N4O3/c1-16-8-10-17(11-9-16)13-31-20(22(33)29(2)3)21(30(4)15-32)28-23(31)34-14-18-6-5-7-19(12-18)24(25,26)27/h5-12,15H,13-14H2,1-4H3. The maximum atomic E-state index is 13.1. The number of imidazole rings is 1. The van der Waals surface area contributed by atoms with E-state index in [1.165, 1.54) is 28.6 Å². The highest BCUT2D eigenvalue weighted by atomic mass is 19.4. The molecule has 0 atom stereocenters. The molecule has 1 aromatic heterocycles. The zero-order valence-corrected chi connectivity index (χ0v) is 19.3. The van der Waals surface area contributed by atoms with E-state index in [4.69, 9.17) is 4.74 Å². The van der Waals surface area contributed by atoms with Crippen molar-refractivity contribution in [2.24, 2.45) is 0 Å². The van der Waals surface area contributed by atoms with E-state index in [-0.39, 0.29) is 36.2 Å². The summed E-state index contributed by atoms with van der Waals surface area (Å²) >= 11 is 0. The Morgan fingerprint density at radius 3 is 2.35 bits per heavy atom. The molecule has 0 saturated carbocycles. The van der Waals surface area contributed by atoms with Crippen molar-refractivity contribution in [2.45, 2.75) is 26.3 Å². The summed E-state index contributed by atoms with van der Waals surface area (Å²) in [6, 6.07) is 12.4. The molecule has 3 rings (SSSR count). The zero-order chi connectivity index (χ0) is 25.0. The van der Waals surface area contributed by atoms with Gasteiger partial charge in [-0.15, -0.1) is 0 Å². The van der Waals surface area contributed by atoms with E-state index in [0.717, 1.165) is 28.2 Å². The van der Waals surface area contributed by atoms with Crippen LogP contribution in [0.15, 0.2) is 48.5 Å². The van der Waals surface area contributed by atoms with Crippen molar-refractivity contribution in [3.05, 3.63) is 76.5 Å². The number of aryl methyl sites for hydroxylation is 1. The second kappa shape index (κ2) is 9.98. The summed E-state index contributed by atoms with van der Waals surface area (Å²) in [5, 5.41) is 0. The Morgan fingerprint density at radius 2 is 1.76 bits per heavy atom. The molecule has 0 radical (unpaired) electrons. The van der Waals surface area contributed by atoms with Crippen LogP contribution in [0.5, 0.6) is 6.01 Å². The fourth-order valence-electron chi connectivity index (χ4n) is 3.26. The third kappa shape index (κ3) is 5.56. The van der Waals surface area contributed by atoms with Crippen LogP contribution in [0.4, 0.5) is 19.0 Å². The van der Waals surface area contributed by atoms with Crippen molar-refractivity contribution < 1.29 is 27.5 Å². The van der Waals surface area contributed by atoms with Crippen LogP contribution in [-0.2, 0) is 24.1 Å². The summed E-state index contributed by atoms with van der Waals surface area (Å²) in [5.74, 6) is -0.322. The first-order valence-corrected chi connectivity index (χ1v) is 10.4. The molecule has 2 amide bonds. The van der Waals surface area contributed by atoms with E-state index in [1.54, 1.807) is 14.1 Å². The highest BCUT2D eigenvalue weighted by molar-refractivity contribution is 5.99. The minimum absolute atomic E-state index is 0.00638. The van der Waals surface area contributed by atoms with Crippen LogP contribution in [-0.4, -0.2) is 47.9 Å². The maximum Gasteiger partial charge on any atom is 0.416 e. The van der Waals surface area contributed by atoms with Gasteiger partial charge in [0.15, 0.2) is 11.5 Å². The van der Waals surface area contributed by atoms with Crippen LogP contribution in [0, 0.1) is 6.92 Å². The zero-order valence-electron chi connectivity index (χ0n) is 19.3. The average molecular weight is 474 g/mol. The molecule has 0 unspecified atom stereocenters. The van der Waals surface area contributed by atoms with Crippen molar-refractivity contribution in [2.75, 3.05) is 26.0 Å². The molecule has 0 saturated heterocycles. The second-order valence-electron chi connectivity index (χ2n) is 8.04. The Kier molecular flexibility index (Phi) is 7.29. The molecule has 10 heteroatoms. The second-order valence-corrected chi connectivity index (χ2v) is 8.04. The number of alkyl halides is 3. The Bertz CT molecular complexity index is 1170. The van der Waals surface area contributed by atoms with E-state index in [9.17, 15) is 22.8 Å². The first-order valence-electron chi connectivity index (χ1n) is 10.4. The van der Waals surface area contributed by atoms with Crippen molar-refractivity contribution >= 4 is 18.1 Å². The quantitative estimate of drug-likeness (QED) is 0.461. The third-order valence-electron chi connectivity index (χ3n) is 5.10. The van der Waals surface area contributed by atoms with Gasteiger partial charge >= 0.3 is 6.18 Å². The van der Waals surface area contributed by atoms with E-state index in [1.807, 2.05) is 31.2 Å². The van der Waals surface area contributed by atoms with Gasteiger partial charge in [-0.2, -0.15) is 18.2 Å². The molecule has 0 aliphatic carbocycles. The minimum atomic E-state index is -4.48. The van der Waals surface area contributed by atoms with Crippen LogP contribution in [0.2, 0.25) is 0 Å². The highest BCUT2D eigenvalue weighted by Gasteiger charge is 2.31. The molecule has 2 aromatic carbocycles. The molecule has 0 aliphatic rings. The van der Waals surface area contributed by atoms with Gasteiger partial charge in [0.1, 0.15) is 6.61 Å². The number of hydrogen-bond acceptors (Lipinski definition) is 4. The van der Waals surface area contributed by atoms with E-state index in [2.05, 4.69) is 4.98 Å². The van der Waals surface area contributed by atoms with Crippen LogP contribution in [0.1, 0.15) is 32.7 Å². The number of anilines is 1. The monoisotopic (exact) mass is 474 g/mol. The number of hydrogen-bond donors (Lipinski definition) is 0. The third-order valence-corrected chi connectivity index (χ3v) is 5.10. The SMILES string of the molecule is Cc1ccc(Cn2c(OCc3cccc(C(F)(F)F)c3)nc(N(C)C=O)c2C(=O)N(C)C)cc1. The van der Waals surface area contributed by atoms with Gasteiger partial charge in [-0.3, -0.25) is 14.2 Å². The van der Waals surface area contributed by atoms with Crippen molar-refractivity contribution in [3.8, 4) is 6.01 Å². The first-order chi connectivity index (χ1) is 16.0. The van der Waals surface area contributed by atoms with Gasteiger partial charge in [0.05, 0.1) is 12.1 Å². The number of nitrogens with zero attached hydrogens (tertiary/aromatic N) is 4. The molecule has 7 nitrogen and oxygen atoms in total. The van der Waals surface area contributed by atoms with E-state index in [0.29, 0.717) is 6.41 Å². The summed E-state index contributed by atoms with van der Waals surface area (Å²) in [7, 11) is 4.59. The van der Waals surface area contributed by atoms with Crippen molar-refractivity contribution in [3.63, 3.8) is 0 Å². The largest absolute Gasteiger partial charge is 0.460 e. The number of carbonyl (C=O) groups is 2. The molecule has 0 N–H and O–H groups in total. The number of carbonyl (C=O) groups excluding carboxylic acids is 2. The molecule has 0 spiro atoms. The predicted octanol–water partition coefficient (Wildman–Crippen LogP) is 4.13. The van der Waals surface area contributed by atoms with Crippen LogP contribution in [0.25, 0.3) is 0 Å². The van der Waals surface area contributed by atoms with Crippen molar-refractivity contribution in [1.29, 1.82) is 0 Å². The van der Waals surface area contributed by atoms with Gasteiger partial charge in [0, 0.05) is 21.1 Å². The molecule has 0 bridgehead atoms. The molecule has 34 heavy (non-hydrogen) atoms. The Hall–Kier alpha value is -3.82. The Morgan fingerprint density at radius 1 is 1.09 bits per heavy atom. The summed E-state index contributed by atoms with van der Waals surface area (Å²) < 4.78 is 46.6. The summed E-state index contributed by atoms with van der Waals surface area (Å²) in [5.41, 5.74) is 1.52. The Balaban J connectivity index is 2.05. The number of amides is 2. The fraction of sp³-hybridized carbons (Fsp3) is 0.292. The molecule has 3 aromatic rings. The maximum absolute atomic E-state index is 13.1. The minimum Gasteiger partial charge on any atom is -0.460 e.